The number of nitrogens with zero attached hydrogens (tertiary/aromatic N) is 4. The van der Waals surface area contributed by atoms with Crippen LogP contribution in [0.2, 0.25) is 0 Å². The van der Waals surface area contributed by atoms with Gasteiger partial charge >= 0.3 is 0 Å². The molecular weight excluding hydrogens is 382 g/mol. The highest BCUT2D eigenvalue weighted by Crippen LogP contribution is 2.22. The average molecular weight is 408 g/mol. The van der Waals surface area contributed by atoms with Crippen molar-refractivity contribution in [3.05, 3.63) is 64.6 Å². The van der Waals surface area contributed by atoms with Crippen molar-refractivity contribution in [1.29, 1.82) is 0 Å². The second-order valence-electron chi connectivity index (χ2n) is 7.08. The summed E-state index contributed by atoms with van der Waals surface area (Å²) >= 11 is 1.68. The Hall–Kier alpha value is -2.77. The molecule has 3 aromatic rings. The molecule has 29 heavy (non-hydrogen) atoms. The number of aromatic nitrogens is 2. The van der Waals surface area contributed by atoms with E-state index in [1.54, 1.807) is 18.3 Å². The third-order valence-corrected chi connectivity index (χ3v) is 5.95. The van der Waals surface area contributed by atoms with E-state index in [9.17, 15) is 4.79 Å². The largest absolute Gasteiger partial charge is 0.353 e. The molecule has 3 heterocycles. The molecule has 0 atom stereocenters. The van der Waals surface area contributed by atoms with Gasteiger partial charge in [-0.3, -0.25) is 4.79 Å². The van der Waals surface area contributed by atoms with Crippen LogP contribution in [-0.4, -0.2) is 47.0 Å². The third-order valence-electron chi connectivity index (χ3n) is 5.11. The van der Waals surface area contributed by atoms with Gasteiger partial charge in [0.15, 0.2) is 0 Å². The topological polar surface area (TPSA) is 61.4 Å². The van der Waals surface area contributed by atoms with Gasteiger partial charge in [-0.25, -0.2) is 9.97 Å². The molecule has 1 fully saturated rings. The molecule has 1 aliphatic rings. The summed E-state index contributed by atoms with van der Waals surface area (Å²) in [6.07, 6.45) is 1.84. The maximum absolute atomic E-state index is 11.6. The molecule has 1 saturated heterocycles. The van der Waals surface area contributed by atoms with E-state index in [0.29, 0.717) is 0 Å². The van der Waals surface area contributed by atoms with Crippen LogP contribution >= 0.6 is 11.3 Å². The molecule has 0 spiro atoms. The SMILES string of the molecule is CC(=O)N1CCN(c2ncccc2CNCc2nc(-c3ccccc3)cs2)CC1. The number of pyridine rings is 1. The zero-order valence-electron chi connectivity index (χ0n) is 16.5. The summed E-state index contributed by atoms with van der Waals surface area (Å²) in [4.78, 5) is 25.1. The first-order chi connectivity index (χ1) is 14.2. The first-order valence-electron chi connectivity index (χ1n) is 9.85. The van der Waals surface area contributed by atoms with Crippen LogP contribution in [0.3, 0.4) is 0 Å². The molecule has 1 aliphatic heterocycles. The summed E-state index contributed by atoms with van der Waals surface area (Å²) in [6.45, 7) is 6.22. The highest BCUT2D eigenvalue weighted by molar-refractivity contribution is 7.09. The molecule has 0 saturated carbocycles. The molecular formula is C22H25N5OS. The molecule has 0 bridgehead atoms. The number of hydrogen-bond acceptors (Lipinski definition) is 6. The lowest BCUT2D eigenvalue weighted by Gasteiger charge is -2.35. The lowest BCUT2D eigenvalue weighted by molar-refractivity contribution is -0.129. The predicted molar refractivity (Wildman–Crippen MR) is 117 cm³/mol. The Labute approximate surface area is 175 Å². The molecule has 1 aromatic carbocycles. The number of anilines is 1. The van der Waals surface area contributed by atoms with E-state index in [1.807, 2.05) is 35.4 Å². The van der Waals surface area contributed by atoms with Crippen molar-refractivity contribution in [3.63, 3.8) is 0 Å². The molecule has 0 unspecified atom stereocenters. The molecule has 6 nitrogen and oxygen atoms in total. The first-order valence-corrected chi connectivity index (χ1v) is 10.7. The van der Waals surface area contributed by atoms with Crippen LogP contribution in [-0.2, 0) is 17.9 Å². The zero-order chi connectivity index (χ0) is 20.1. The van der Waals surface area contributed by atoms with E-state index < -0.39 is 0 Å². The Morgan fingerprint density at radius 2 is 1.86 bits per heavy atom. The summed E-state index contributed by atoms with van der Waals surface area (Å²) < 4.78 is 0. The average Bonchev–Trinajstić information content (AvgIpc) is 3.24. The van der Waals surface area contributed by atoms with Crippen molar-refractivity contribution in [2.75, 3.05) is 31.1 Å². The normalized spacial score (nSPS) is 14.2. The number of thiazole rings is 1. The fraction of sp³-hybridized carbons (Fsp3) is 0.318. The summed E-state index contributed by atoms with van der Waals surface area (Å²) in [7, 11) is 0. The summed E-state index contributed by atoms with van der Waals surface area (Å²) in [5, 5.41) is 6.69. The van der Waals surface area contributed by atoms with Crippen LogP contribution in [0.15, 0.2) is 54.0 Å². The molecule has 1 N–H and O–H groups in total. The molecule has 0 aliphatic carbocycles. The lowest BCUT2D eigenvalue weighted by atomic mass is 10.2. The molecule has 150 valence electrons. The Morgan fingerprint density at radius 3 is 2.62 bits per heavy atom. The fourth-order valence-corrected chi connectivity index (χ4v) is 4.30. The van der Waals surface area contributed by atoms with Gasteiger partial charge in [-0.1, -0.05) is 36.4 Å². The number of carbonyl (C=O) groups is 1. The van der Waals surface area contributed by atoms with Crippen molar-refractivity contribution in [2.24, 2.45) is 0 Å². The van der Waals surface area contributed by atoms with Crippen LogP contribution in [0.5, 0.6) is 0 Å². The zero-order valence-corrected chi connectivity index (χ0v) is 17.4. The van der Waals surface area contributed by atoms with Crippen molar-refractivity contribution < 1.29 is 4.79 Å². The standard InChI is InChI=1S/C22H25N5OS/c1-17(28)26-10-12-27(13-11-26)22-19(8-5-9-24-22)14-23-15-21-25-20(16-29-21)18-6-3-2-4-7-18/h2-9,16,23H,10-15H2,1H3. The quantitative estimate of drug-likeness (QED) is 0.680. The smallest absolute Gasteiger partial charge is 0.219 e. The Balaban J connectivity index is 1.35. The number of carbonyl (C=O) groups excluding carboxylic acids is 1. The maximum atomic E-state index is 11.6. The highest BCUT2D eigenvalue weighted by atomic mass is 32.1. The number of rotatable bonds is 6. The Morgan fingerprint density at radius 1 is 1.07 bits per heavy atom. The molecule has 0 radical (unpaired) electrons. The lowest BCUT2D eigenvalue weighted by Crippen LogP contribution is -2.48. The molecule has 1 amide bonds. The van der Waals surface area contributed by atoms with E-state index in [1.165, 1.54) is 5.56 Å². The Kier molecular flexibility index (Phi) is 6.17. The Bertz CT molecular complexity index is 951. The van der Waals surface area contributed by atoms with Gasteiger partial charge in [-0.15, -0.1) is 11.3 Å². The van der Waals surface area contributed by atoms with E-state index >= 15 is 0 Å². The molecule has 4 rings (SSSR count). The van der Waals surface area contributed by atoms with Crippen LogP contribution in [0, 0.1) is 0 Å². The van der Waals surface area contributed by atoms with Crippen molar-refractivity contribution in [3.8, 4) is 11.3 Å². The second kappa shape index (κ2) is 9.15. The summed E-state index contributed by atoms with van der Waals surface area (Å²) in [6, 6.07) is 14.3. The highest BCUT2D eigenvalue weighted by Gasteiger charge is 2.21. The number of hydrogen-bond donors (Lipinski definition) is 1. The van der Waals surface area contributed by atoms with Crippen LogP contribution in [0.1, 0.15) is 17.5 Å². The first kappa shape index (κ1) is 19.5. The third kappa shape index (κ3) is 4.81. The second-order valence-corrected chi connectivity index (χ2v) is 8.02. The minimum absolute atomic E-state index is 0.144. The number of piperazine rings is 1. The summed E-state index contributed by atoms with van der Waals surface area (Å²) in [5.74, 6) is 1.15. The van der Waals surface area contributed by atoms with Gasteiger partial charge < -0.3 is 15.1 Å². The number of benzene rings is 1. The van der Waals surface area contributed by atoms with E-state index in [0.717, 1.165) is 61.4 Å². The monoisotopic (exact) mass is 407 g/mol. The van der Waals surface area contributed by atoms with E-state index in [-0.39, 0.29) is 5.91 Å². The minimum Gasteiger partial charge on any atom is -0.353 e. The van der Waals surface area contributed by atoms with Gasteiger partial charge in [-0.2, -0.15) is 0 Å². The van der Waals surface area contributed by atoms with E-state index in [4.69, 9.17) is 4.98 Å². The summed E-state index contributed by atoms with van der Waals surface area (Å²) in [5.41, 5.74) is 3.34. The predicted octanol–water partition coefficient (Wildman–Crippen LogP) is 3.16. The van der Waals surface area contributed by atoms with Gasteiger partial charge in [0.2, 0.25) is 5.91 Å². The van der Waals surface area contributed by atoms with E-state index in [2.05, 4.69) is 38.8 Å². The van der Waals surface area contributed by atoms with Crippen LogP contribution in [0.4, 0.5) is 5.82 Å². The molecule has 2 aromatic heterocycles. The van der Waals surface area contributed by atoms with Gasteiger partial charge in [0.05, 0.1) is 5.69 Å². The van der Waals surface area contributed by atoms with Crippen molar-refractivity contribution in [1.82, 2.24) is 20.2 Å². The minimum atomic E-state index is 0.144. The van der Waals surface area contributed by atoms with Crippen molar-refractivity contribution >= 4 is 23.1 Å². The van der Waals surface area contributed by atoms with Crippen LogP contribution < -0.4 is 10.2 Å². The van der Waals surface area contributed by atoms with Gasteiger partial charge in [0.25, 0.3) is 0 Å². The number of nitrogens with one attached hydrogen (secondary N) is 1. The maximum Gasteiger partial charge on any atom is 0.219 e. The van der Waals surface area contributed by atoms with Crippen LogP contribution in [0.25, 0.3) is 11.3 Å². The molecule has 7 heteroatoms. The fourth-order valence-electron chi connectivity index (χ4n) is 3.52. The number of amides is 1. The van der Waals surface area contributed by atoms with Crippen molar-refractivity contribution in [2.45, 2.75) is 20.0 Å². The van der Waals surface area contributed by atoms with Gasteiger partial charge in [0, 0.05) is 68.9 Å². The van der Waals surface area contributed by atoms with Gasteiger partial charge in [-0.05, 0) is 6.07 Å². The van der Waals surface area contributed by atoms with Gasteiger partial charge in [0.1, 0.15) is 10.8 Å².